The second-order valence-corrected chi connectivity index (χ2v) is 6.36. The molecule has 2 aromatic heterocycles. The highest BCUT2D eigenvalue weighted by atomic mass is 32.1. The van der Waals surface area contributed by atoms with Crippen LogP contribution >= 0.6 is 11.3 Å². The fraction of sp³-hybridized carbons (Fsp3) is 0.375. The summed E-state index contributed by atoms with van der Waals surface area (Å²) in [6, 6.07) is 9.14. The van der Waals surface area contributed by atoms with E-state index in [9.17, 15) is 0 Å². The van der Waals surface area contributed by atoms with E-state index in [1.54, 1.807) is 17.7 Å². The molecular weight excluding hydrogens is 280 g/mol. The third kappa shape index (κ3) is 2.71. The van der Waals surface area contributed by atoms with Crippen molar-refractivity contribution in [2.45, 2.75) is 32.4 Å². The zero-order chi connectivity index (χ0) is 14.8. The molecule has 110 valence electrons. The highest BCUT2D eigenvalue weighted by molar-refractivity contribution is 7.17. The average molecular weight is 300 g/mol. The van der Waals surface area contributed by atoms with Crippen LogP contribution in [0.25, 0.3) is 10.1 Å². The standard InChI is InChI=1S/C16H20N4S/c1-11(2)20-16(18-10-19-20)8-14(17-3)13-9-21-15-7-5-4-6-12(13)15/h4-7,9-11,14,17H,8H2,1-3H3. The molecule has 5 heteroatoms. The second kappa shape index (κ2) is 5.95. The van der Waals surface area contributed by atoms with Crippen LogP contribution in [0.3, 0.4) is 0 Å². The van der Waals surface area contributed by atoms with Gasteiger partial charge in [-0.3, -0.25) is 0 Å². The quantitative estimate of drug-likeness (QED) is 0.783. The fourth-order valence-corrected chi connectivity index (χ4v) is 3.68. The third-order valence-corrected chi connectivity index (χ3v) is 4.74. The molecule has 0 fully saturated rings. The molecular formula is C16H20N4S. The number of hydrogen-bond donors (Lipinski definition) is 1. The number of aromatic nitrogens is 3. The van der Waals surface area contributed by atoms with E-state index >= 15 is 0 Å². The van der Waals surface area contributed by atoms with Crippen molar-refractivity contribution in [3.63, 3.8) is 0 Å². The fourth-order valence-electron chi connectivity index (χ4n) is 2.67. The summed E-state index contributed by atoms with van der Waals surface area (Å²) in [6.07, 6.45) is 2.49. The van der Waals surface area contributed by atoms with E-state index in [1.807, 2.05) is 11.7 Å². The number of likely N-dealkylation sites (N-methyl/N-ethyl adjacent to an activating group) is 1. The lowest BCUT2D eigenvalue weighted by molar-refractivity contribution is 0.479. The maximum atomic E-state index is 4.43. The van der Waals surface area contributed by atoms with Gasteiger partial charge in [0, 0.05) is 23.2 Å². The van der Waals surface area contributed by atoms with E-state index in [2.05, 4.69) is 58.9 Å². The lowest BCUT2D eigenvalue weighted by Crippen LogP contribution is -2.21. The van der Waals surface area contributed by atoms with E-state index in [0.717, 1.165) is 12.2 Å². The largest absolute Gasteiger partial charge is 0.313 e. The number of fused-ring (bicyclic) bond motifs is 1. The summed E-state index contributed by atoms with van der Waals surface area (Å²) in [5, 5.41) is 11.3. The first-order chi connectivity index (χ1) is 10.2. The van der Waals surface area contributed by atoms with Gasteiger partial charge >= 0.3 is 0 Å². The minimum atomic E-state index is 0.253. The van der Waals surface area contributed by atoms with Gasteiger partial charge in [-0.1, -0.05) is 18.2 Å². The highest BCUT2D eigenvalue weighted by Gasteiger charge is 2.18. The second-order valence-electron chi connectivity index (χ2n) is 5.45. The number of hydrogen-bond acceptors (Lipinski definition) is 4. The molecule has 0 saturated heterocycles. The molecule has 3 aromatic rings. The van der Waals surface area contributed by atoms with Crippen molar-refractivity contribution in [1.29, 1.82) is 0 Å². The van der Waals surface area contributed by atoms with Gasteiger partial charge in [0.15, 0.2) is 0 Å². The van der Waals surface area contributed by atoms with Gasteiger partial charge in [-0.15, -0.1) is 11.3 Å². The van der Waals surface area contributed by atoms with Gasteiger partial charge in [-0.05, 0) is 43.3 Å². The summed E-state index contributed by atoms with van der Waals surface area (Å²) in [5.41, 5.74) is 1.34. The molecule has 2 heterocycles. The number of benzene rings is 1. The van der Waals surface area contributed by atoms with Crippen molar-refractivity contribution in [3.8, 4) is 0 Å². The zero-order valence-electron chi connectivity index (χ0n) is 12.6. The van der Waals surface area contributed by atoms with Crippen LogP contribution in [-0.2, 0) is 6.42 Å². The molecule has 1 N–H and O–H groups in total. The molecule has 0 amide bonds. The molecule has 0 aliphatic heterocycles. The Bertz CT molecular complexity index is 729. The van der Waals surface area contributed by atoms with Gasteiger partial charge in [-0.2, -0.15) is 5.10 Å². The van der Waals surface area contributed by atoms with Crippen molar-refractivity contribution < 1.29 is 0 Å². The molecule has 0 saturated carbocycles. The van der Waals surface area contributed by atoms with Crippen LogP contribution in [0.5, 0.6) is 0 Å². The molecule has 4 nitrogen and oxygen atoms in total. The lowest BCUT2D eigenvalue weighted by atomic mass is 10.0. The molecule has 1 atom stereocenters. The Balaban J connectivity index is 1.93. The van der Waals surface area contributed by atoms with Crippen molar-refractivity contribution in [3.05, 3.63) is 47.4 Å². The van der Waals surface area contributed by atoms with Gasteiger partial charge in [0.25, 0.3) is 0 Å². The van der Waals surface area contributed by atoms with Crippen LogP contribution in [0.1, 0.15) is 37.3 Å². The minimum Gasteiger partial charge on any atom is -0.313 e. The van der Waals surface area contributed by atoms with Crippen LogP contribution < -0.4 is 5.32 Å². The Hall–Kier alpha value is -1.72. The van der Waals surface area contributed by atoms with Crippen LogP contribution in [0, 0.1) is 0 Å². The predicted molar refractivity (Wildman–Crippen MR) is 87.7 cm³/mol. The normalized spacial score (nSPS) is 13.1. The molecule has 1 aromatic carbocycles. The van der Waals surface area contributed by atoms with Crippen molar-refractivity contribution >= 4 is 21.4 Å². The molecule has 0 bridgehead atoms. The summed E-state index contributed by atoms with van der Waals surface area (Å²) in [4.78, 5) is 4.43. The van der Waals surface area contributed by atoms with E-state index in [-0.39, 0.29) is 6.04 Å². The first-order valence-electron chi connectivity index (χ1n) is 7.22. The van der Waals surface area contributed by atoms with Crippen molar-refractivity contribution in [2.24, 2.45) is 0 Å². The summed E-state index contributed by atoms with van der Waals surface area (Å²) in [6.45, 7) is 4.26. The Morgan fingerprint density at radius 2 is 2.10 bits per heavy atom. The van der Waals surface area contributed by atoms with E-state index in [1.165, 1.54) is 15.6 Å². The number of thiophene rings is 1. The smallest absolute Gasteiger partial charge is 0.138 e. The zero-order valence-corrected chi connectivity index (χ0v) is 13.4. The van der Waals surface area contributed by atoms with Gasteiger partial charge in [0.1, 0.15) is 12.2 Å². The predicted octanol–water partition coefficient (Wildman–Crippen LogP) is 3.58. The molecule has 0 radical (unpaired) electrons. The number of nitrogens with zero attached hydrogens (tertiary/aromatic N) is 3. The molecule has 0 aliphatic carbocycles. The van der Waals surface area contributed by atoms with Crippen LogP contribution in [-0.4, -0.2) is 21.8 Å². The lowest BCUT2D eigenvalue weighted by Gasteiger charge is -2.17. The minimum absolute atomic E-state index is 0.253. The van der Waals surface area contributed by atoms with Gasteiger partial charge in [-0.25, -0.2) is 9.67 Å². The SMILES string of the molecule is CNC(Cc1ncnn1C(C)C)c1csc2ccccc12. The molecule has 1 unspecified atom stereocenters. The average Bonchev–Trinajstić information content (AvgIpc) is 3.11. The number of rotatable bonds is 5. The van der Waals surface area contributed by atoms with E-state index < -0.39 is 0 Å². The third-order valence-electron chi connectivity index (χ3n) is 3.76. The summed E-state index contributed by atoms with van der Waals surface area (Å²) >= 11 is 1.80. The molecule has 21 heavy (non-hydrogen) atoms. The summed E-state index contributed by atoms with van der Waals surface area (Å²) in [5.74, 6) is 1.03. The van der Waals surface area contributed by atoms with Gasteiger partial charge in [0.2, 0.25) is 0 Å². The van der Waals surface area contributed by atoms with Crippen LogP contribution in [0.2, 0.25) is 0 Å². The summed E-state index contributed by atoms with van der Waals surface area (Å²) < 4.78 is 3.33. The molecule has 3 rings (SSSR count). The summed E-state index contributed by atoms with van der Waals surface area (Å²) in [7, 11) is 2.01. The molecule has 0 aliphatic rings. The van der Waals surface area contributed by atoms with Crippen molar-refractivity contribution in [2.75, 3.05) is 7.05 Å². The topological polar surface area (TPSA) is 42.7 Å². The Morgan fingerprint density at radius 3 is 2.86 bits per heavy atom. The highest BCUT2D eigenvalue weighted by Crippen LogP contribution is 2.31. The number of nitrogens with one attached hydrogen (secondary N) is 1. The first kappa shape index (κ1) is 14.2. The Kier molecular flexibility index (Phi) is 4.03. The first-order valence-corrected chi connectivity index (χ1v) is 8.10. The van der Waals surface area contributed by atoms with Crippen LogP contribution in [0.15, 0.2) is 36.0 Å². The van der Waals surface area contributed by atoms with E-state index in [4.69, 9.17) is 0 Å². The van der Waals surface area contributed by atoms with Crippen LogP contribution in [0.4, 0.5) is 0 Å². The Labute approximate surface area is 128 Å². The maximum absolute atomic E-state index is 4.43. The van der Waals surface area contributed by atoms with Crippen molar-refractivity contribution in [1.82, 2.24) is 20.1 Å². The Morgan fingerprint density at radius 1 is 1.29 bits per heavy atom. The van der Waals surface area contributed by atoms with Gasteiger partial charge < -0.3 is 5.32 Å². The maximum Gasteiger partial charge on any atom is 0.138 e. The monoisotopic (exact) mass is 300 g/mol. The van der Waals surface area contributed by atoms with Gasteiger partial charge in [0.05, 0.1) is 0 Å². The van der Waals surface area contributed by atoms with E-state index in [0.29, 0.717) is 6.04 Å². The molecule has 0 spiro atoms.